The van der Waals surface area contributed by atoms with Crippen molar-refractivity contribution in [2.75, 3.05) is 0 Å². The van der Waals surface area contributed by atoms with Gasteiger partial charge in [0, 0.05) is 6.54 Å². The van der Waals surface area contributed by atoms with Crippen LogP contribution < -0.4 is 4.80 Å². The van der Waals surface area contributed by atoms with E-state index >= 15 is 0 Å². The maximum absolute atomic E-state index is 12.4. The lowest BCUT2D eigenvalue weighted by Gasteiger charge is -2.01. The molecule has 0 saturated carbocycles. The summed E-state index contributed by atoms with van der Waals surface area (Å²) in [4.78, 5) is 17.4. The number of fused-ring (bicyclic) bond motifs is 1. The lowest BCUT2D eigenvalue weighted by molar-refractivity contribution is 0.0998. The fourth-order valence-electron chi connectivity index (χ4n) is 2.35. The lowest BCUT2D eigenvalue weighted by Crippen LogP contribution is -2.16. The fraction of sp³-hybridized carbons (Fsp3) is 0.176. The molecule has 0 radical (unpaired) electrons. The highest BCUT2D eigenvalue weighted by molar-refractivity contribution is 7.16. The summed E-state index contributed by atoms with van der Waals surface area (Å²) in [5, 5.41) is 0.427. The molecule has 1 amide bonds. The lowest BCUT2D eigenvalue weighted by atomic mass is 10.2. The van der Waals surface area contributed by atoms with Gasteiger partial charge >= 0.3 is 0 Å². The van der Waals surface area contributed by atoms with Gasteiger partial charge in [-0.15, -0.1) is 0 Å². The van der Waals surface area contributed by atoms with Gasteiger partial charge in [-0.3, -0.25) is 4.79 Å². The van der Waals surface area contributed by atoms with Gasteiger partial charge in [-0.05, 0) is 43.7 Å². The number of carbonyl (C=O) groups is 1. The molecule has 0 N–H and O–H groups in total. The van der Waals surface area contributed by atoms with Crippen LogP contribution in [0.25, 0.3) is 10.2 Å². The molecule has 3 nitrogen and oxygen atoms in total. The predicted molar refractivity (Wildman–Crippen MR) is 91.6 cm³/mol. The second-order valence-electron chi connectivity index (χ2n) is 5.00. The highest BCUT2D eigenvalue weighted by Gasteiger charge is 2.10. The minimum atomic E-state index is -0.309. The Labute approximate surface area is 137 Å². The van der Waals surface area contributed by atoms with E-state index in [1.165, 1.54) is 16.9 Å². The first-order valence-corrected chi connectivity index (χ1v) is 8.23. The topological polar surface area (TPSA) is 34.4 Å². The molecule has 0 unspecified atom stereocenters. The van der Waals surface area contributed by atoms with Gasteiger partial charge in [0.05, 0.1) is 20.8 Å². The van der Waals surface area contributed by atoms with Crippen molar-refractivity contribution in [2.45, 2.75) is 20.4 Å². The number of nitrogens with zero attached hydrogens (tertiary/aromatic N) is 2. The SMILES string of the molecule is CCn1c(=NC(=O)c2ccccc2Cl)sc2cc(C)ccc21. The Kier molecular flexibility index (Phi) is 4.14. The molecule has 0 saturated heterocycles. The number of thiazole rings is 1. The first kappa shape index (κ1) is 15.0. The van der Waals surface area contributed by atoms with Gasteiger partial charge in [0.1, 0.15) is 0 Å². The van der Waals surface area contributed by atoms with Crippen LogP contribution in [0, 0.1) is 6.92 Å². The van der Waals surface area contributed by atoms with Crippen molar-refractivity contribution in [2.24, 2.45) is 4.99 Å². The molecule has 0 atom stereocenters. The number of carbonyl (C=O) groups excluding carboxylic acids is 1. The van der Waals surface area contributed by atoms with Crippen molar-refractivity contribution >= 4 is 39.1 Å². The molecule has 0 aliphatic rings. The highest BCUT2D eigenvalue weighted by Crippen LogP contribution is 2.20. The van der Waals surface area contributed by atoms with E-state index in [2.05, 4.69) is 30.1 Å². The third kappa shape index (κ3) is 2.72. The normalized spacial score (nSPS) is 12.0. The third-order valence-corrected chi connectivity index (χ3v) is 4.83. The van der Waals surface area contributed by atoms with E-state index in [0.717, 1.165) is 16.8 Å². The molecule has 1 heterocycles. The van der Waals surface area contributed by atoms with Gasteiger partial charge in [-0.2, -0.15) is 4.99 Å². The van der Waals surface area contributed by atoms with Crippen LogP contribution in [0.5, 0.6) is 0 Å². The standard InChI is InChI=1S/C17H15ClN2OS/c1-3-20-14-9-8-11(2)10-15(14)22-17(20)19-16(21)12-6-4-5-7-13(12)18/h4-10H,3H2,1-2H3. The molecule has 0 spiro atoms. The number of amides is 1. The van der Waals surface area contributed by atoms with E-state index in [0.29, 0.717) is 15.4 Å². The Hall–Kier alpha value is -1.91. The zero-order valence-corrected chi connectivity index (χ0v) is 13.9. The Morgan fingerprint density at radius 2 is 2.05 bits per heavy atom. The zero-order chi connectivity index (χ0) is 15.7. The average molecular weight is 331 g/mol. The molecule has 0 aliphatic carbocycles. The van der Waals surface area contributed by atoms with Gasteiger partial charge in [0.2, 0.25) is 0 Å². The number of hydrogen-bond donors (Lipinski definition) is 0. The van der Waals surface area contributed by atoms with E-state index < -0.39 is 0 Å². The van der Waals surface area contributed by atoms with Crippen molar-refractivity contribution in [1.82, 2.24) is 4.57 Å². The van der Waals surface area contributed by atoms with Gasteiger partial charge in [-0.1, -0.05) is 41.1 Å². The number of benzene rings is 2. The third-order valence-electron chi connectivity index (χ3n) is 3.46. The van der Waals surface area contributed by atoms with Crippen molar-refractivity contribution in [1.29, 1.82) is 0 Å². The Morgan fingerprint density at radius 1 is 1.27 bits per heavy atom. The van der Waals surface area contributed by atoms with Crippen LogP contribution in [0.1, 0.15) is 22.8 Å². The van der Waals surface area contributed by atoms with Crippen LogP contribution in [0.2, 0.25) is 5.02 Å². The molecule has 0 aliphatic heterocycles. The molecule has 3 rings (SSSR count). The van der Waals surface area contributed by atoms with E-state index in [-0.39, 0.29) is 5.91 Å². The van der Waals surface area contributed by atoms with Gasteiger partial charge in [0.25, 0.3) is 5.91 Å². The van der Waals surface area contributed by atoms with Crippen LogP contribution in [0.15, 0.2) is 47.5 Å². The molecular weight excluding hydrogens is 316 g/mol. The summed E-state index contributed by atoms with van der Waals surface area (Å²) < 4.78 is 3.18. The smallest absolute Gasteiger partial charge is 0.281 e. The van der Waals surface area contributed by atoms with Crippen LogP contribution in [-0.2, 0) is 6.54 Å². The molecule has 2 aromatic carbocycles. The molecule has 112 valence electrons. The molecule has 3 aromatic rings. The first-order chi connectivity index (χ1) is 10.6. The minimum Gasteiger partial charge on any atom is -0.317 e. The van der Waals surface area contributed by atoms with Crippen molar-refractivity contribution in [3.05, 3.63) is 63.4 Å². The second-order valence-corrected chi connectivity index (χ2v) is 6.41. The number of aryl methyl sites for hydroxylation is 2. The van der Waals surface area contributed by atoms with Crippen molar-refractivity contribution in [3.8, 4) is 0 Å². The van der Waals surface area contributed by atoms with Crippen LogP contribution in [0.3, 0.4) is 0 Å². The van der Waals surface area contributed by atoms with Crippen molar-refractivity contribution in [3.63, 3.8) is 0 Å². The van der Waals surface area contributed by atoms with Gasteiger partial charge in [-0.25, -0.2) is 0 Å². The maximum Gasteiger partial charge on any atom is 0.281 e. The van der Waals surface area contributed by atoms with Crippen molar-refractivity contribution < 1.29 is 4.79 Å². The molecule has 22 heavy (non-hydrogen) atoms. The Balaban J connectivity index is 2.17. The number of hydrogen-bond acceptors (Lipinski definition) is 2. The summed E-state index contributed by atoms with van der Waals surface area (Å²) in [6.07, 6.45) is 0. The van der Waals surface area contributed by atoms with Gasteiger partial charge in [0.15, 0.2) is 4.80 Å². The second kappa shape index (κ2) is 6.07. The molecule has 1 aromatic heterocycles. The van der Waals surface area contributed by atoms with Crippen LogP contribution in [-0.4, -0.2) is 10.5 Å². The quantitative estimate of drug-likeness (QED) is 0.684. The summed E-state index contributed by atoms with van der Waals surface area (Å²) >= 11 is 7.60. The molecular formula is C17H15ClN2OS. The highest BCUT2D eigenvalue weighted by atomic mass is 35.5. The number of aromatic nitrogens is 1. The molecule has 5 heteroatoms. The summed E-state index contributed by atoms with van der Waals surface area (Å²) in [6, 6.07) is 13.2. The molecule has 0 bridgehead atoms. The summed E-state index contributed by atoms with van der Waals surface area (Å²) in [6.45, 7) is 4.86. The van der Waals surface area contributed by atoms with E-state index in [9.17, 15) is 4.79 Å². The summed E-state index contributed by atoms with van der Waals surface area (Å²) in [5.41, 5.74) is 2.73. The van der Waals surface area contributed by atoms with E-state index in [1.54, 1.807) is 24.3 Å². The number of rotatable bonds is 2. The zero-order valence-electron chi connectivity index (χ0n) is 12.3. The molecule has 0 fully saturated rings. The van der Waals surface area contributed by atoms with Crippen LogP contribution >= 0.6 is 22.9 Å². The maximum atomic E-state index is 12.4. The first-order valence-electron chi connectivity index (χ1n) is 7.03. The number of halogens is 1. The summed E-state index contributed by atoms with van der Waals surface area (Å²) in [5.74, 6) is -0.309. The predicted octanol–water partition coefficient (Wildman–Crippen LogP) is 4.43. The monoisotopic (exact) mass is 330 g/mol. The average Bonchev–Trinajstić information content (AvgIpc) is 2.83. The fourth-order valence-corrected chi connectivity index (χ4v) is 3.76. The van der Waals surface area contributed by atoms with E-state index in [4.69, 9.17) is 11.6 Å². The Bertz CT molecular complexity index is 924. The van der Waals surface area contributed by atoms with E-state index in [1.807, 2.05) is 11.5 Å². The Morgan fingerprint density at radius 3 is 2.77 bits per heavy atom. The van der Waals surface area contributed by atoms with Gasteiger partial charge < -0.3 is 4.57 Å². The minimum absolute atomic E-state index is 0.309. The largest absolute Gasteiger partial charge is 0.317 e. The van der Waals surface area contributed by atoms with Crippen LogP contribution in [0.4, 0.5) is 0 Å². The summed E-state index contributed by atoms with van der Waals surface area (Å²) in [7, 11) is 0.